The predicted molar refractivity (Wildman–Crippen MR) is 77.2 cm³/mol. The highest BCUT2D eigenvalue weighted by Gasteiger charge is 2.09. The third kappa shape index (κ3) is 2.62. The standard InChI is InChI=1S/C13H12N4O2S/c1-14-11(18)6-8-7-15-13(20-8)17-12-16-9-4-2-3-5-10(9)19-12/h2-5,7H,6H2,1H3,(H,14,18)(H,15,16,17). The van der Waals surface area contributed by atoms with Gasteiger partial charge in [-0.2, -0.15) is 4.98 Å². The Bertz CT molecular complexity index is 717. The first-order valence-electron chi connectivity index (χ1n) is 6.02. The fourth-order valence-corrected chi connectivity index (χ4v) is 2.51. The Balaban J connectivity index is 1.75. The van der Waals surface area contributed by atoms with Gasteiger partial charge in [-0.15, -0.1) is 11.3 Å². The molecule has 6 nitrogen and oxygen atoms in total. The lowest BCUT2D eigenvalue weighted by atomic mass is 10.3. The van der Waals surface area contributed by atoms with Gasteiger partial charge in [0.15, 0.2) is 10.7 Å². The molecule has 0 atom stereocenters. The average Bonchev–Trinajstić information content (AvgIpc) is 3.05. The Labute approximate surface area is 118 Å². The Morgan fingerprint density at radius 1 is 1.40 bits per heavy atom. The van der Waals surface area contributed by atoms with Crippen LogP contribution in [0.4, 0.5) is 11.1 Å². The van der Waals surface area contributed by atoms with E-state index in [0.29, 0.717) is 17.6 Å². The molecule has 0 saturated carbocycles. The van der Waals surface area contributed by atoms with Crippen LogP contribution in [-0.4, -0.2) is 22.9 Å². The Morgan fingerprint density at radius 3 is 3.05 bits per heavy atom. The SMILES string of the molecule is CNC(=O)Cc1cnc(Nc2nc3ccccc3o2)s1. The van der Waals surface area contributed by atoms with Gasteiger partial charge in [0, 0.05) is 18.1 Å². The van der Waals surface area contributed by atoms with Crippen molar-refractivity contribution in [1.29, 1.82) is 0 Å². The fourth-order valence-electron chi connectivity index (χ4n) is 1.71. The van der Waals surface area contributed by atoms with E-state index in [-0.39, 0.29) is 5.91 Å². The van der Waals surface area contributed by atoms with E-state index in [4.69, 9.17) is 4.42 Å². The van der Waals surface area contributed by atoms with Gasteiger partial charge in [0.1, 0.15) is 5.52 Å². The number of para-hydroxylation sites is 2. The largest absolute Gasteiger partial charge is 0.423 e. The van der Waals surface area contributed by atoms with Gasteiger partial charge in [0.2, 0.25) is 5.91 Å². The number of hydrogen-bond donors (Lipinski definition) is 2. The van der Waals surface area contributed by atoms with Gasteiger partial charge >= 0.3 is 6.01 Å². The second kappa shape index (κ2) is 5.30. The summed E-state index contributed by atoms with van der Waals surface area (Å²) in [5.74, 6) is -0.0398. The molecule has 0 bridgehead atoms. The zero-order chi connectivity index (χ0) is 13.9. The molecular weight excluding hydrogens is 276 g/mol. The van der Waals surface area contributed by atoms with E-state index in [0.717, 1.165) is 16.0 Å². The topological polar surface area (TPSA) is 80.0 Å². The Hall–Kier alpha value is -2.41. The van der Waals surface area contributed by atoms with Crippen molar-refractivity contribution in [2.24, 2.45) is 0 Å². The number of rotatable bonds is 4. The normalized spacial score (nSPS) is 10.7. The lowest BCUT2D eigenvalue weighted by Gasteiger charge is -1.95. The van der Waals surface area contributed by atoms with Crippen molar-refractivity contribution < 1.29 is 9.21 Å². The second-order valence-electron chi connectivity index (χ2n) is 4.09. The summed E-state index contributed by atoms with van der Waals surface area (Å²) in [6.45, 7) is 0. The molecule has 2 aromatic heterocycles. The van der Waals surface area contributed by atoms with E-state index in [9.17, 15) is 4.79 Å². The molecule has 1 aromatic carbocycles. The number of anilines is 2. The molecule has 0 fully saturated rings. The number of oxazole rings is 1. The number of aromatic nitrogens is 2. The van der Waals surface area contributed by atoms with E-state index in [1.165, 1.54) is 11.3 Å². The molecule has 102 valence electrons. The summed E-state index contributed by atoms with van der Waals surface area (Å²) in [5.41, 5.74) is 1.51. The van der Waals surface area contributed by atoms with Crippen LogP contribution in [0.2, 0.25) is 0 Å². The van der Waals surface area contributed by atoms with E-state index < -0.39 is 0 Å². The molecule has 2 heterocycles. The Kier molecular flexibility index (Phi) is 3.34. The van der Waals surface area contributed by atoms with Gasteiger partial charge in [-0.25, -0.2) is 4.98 Å². The first-order chi connectivity index (χ1) is 9.74. The minimum absolute atomic E-state index is 0.0398. The summed E-state index contributed by atoms with van der Waals surface area (Å²) in [7, 11) is 1.61. The van der Waals surface area contributed by atoms with Crippen LogP contribution >= 0.6 is 11.3 Å². The summed E-state index contributed by atoms with van der Waals surface area (Å²) in [5, 5.41) is 6.23. The maximum Gasteiger partial charge on any atom is 0.302 e. The molecule has 0 aliphatic carbocycles. The van der Waals surface area contributed by atoms with Crippen molar-refractivity contribution in [3.8, 4) is 0 Å². The summed E-state index contributed by atoms with van der Waals surface area (Å²) in [6, 6.07) is 7.92. The maximum atomic E-state index is 11.3. The highest BCUT2D eigenvalue weighted by atomic mass is 32.1. The predicted octanol–water partition coefficient (Wildman–Crippen LogP) is 2.32. The van der Waals surface area contributed by atoms with Gasteiger partial charge in [-0.3, -0.25) is 10.1 Å². The molecule has 7 heteroatoms. The third-order valence-corrected chi connectivity index (χ3v) is 3.59. The van der Waals surface area contributed by atoms with E-state index in [1.54, 1.807) is 13.2 Å². The lowest BCUT2D eigenvalue weighted by Crippen LogP contribution is -2.19. The first-order valence-corrected chi connectivity index (χ1v) is 6.84. The molecule has 0 aliphatic rings. The zero-order valence-corrected chi connectivity index (χ0v) is 11.5. The zero-order valence-electron chi connectivity index (χ0n) is 10.7. The minimum Gasteiger partial charge on any atom is -0.423 e. The monoisotopic (exact) mass is 288 g/mol. The summed E-state index contributed by atoms with van der Waals surface area (Å²) < 4.78 is 5.55. The van der Waals surface area contributed by atoms with Gasteiger partial charge < -0.3 is 9.73 Å². The molecule has 1 amide bonds. The van der Waals surface area contributed by atoms with Crippen LogP contribution in [0.5, 0.6) is 0 Å². The van der Waals surface area contributed by atoms with Crippen molar-refractivity contribution in [3.63, 3.8) is 0 Å². The van der Waals surface area contributed by atoms with Gasteiger partial charge in [0.05, 0.1) is 6.42 Å². The van der Waals surface area contributed by atoms with Crippen LogP contribution in [0.25, 0.3) is 11.1 Å². The van der Waals surface area contributed by atoms with Crippen LogP contribution in [-0.2, 0) is 11.2 Å². The van der Waals surface area contributed by atoms with Crippen molar-refractivity contribution in [2.45, 2.75) is 6.42 Å². The number of carbonyl (C=O) groups is 1. The van der Waals surface area contributed by atoms with Crippen molar-refractivity contribution >= 4 is 39.5 Å². The number of amides is 1. The minimum atomic E-state index is -0.0398. The molecule has 0 radical (unpaired) electrons. The maximum absolute atomic E-state index is 11.3. The molecule has 0 aliphatic heterocycles. The van der Waals surface area contributed by atoms with Crippen molar-refractivity contribution in [3.05, 3.63) is 35.3 Å². The summed E-state index contributed by atoms with van der Waals surface area (Å²) >= 11 is 1.40. The van der Waals surface area contributed by atoms with E-state index >= 15 is 0 Å². The fraction of sp³-hybridized carbons (Fsp3) is 0.154. The number of likely N-dealkylation sites (N-methyl/N-ethyl adjacent to an activating group) is 1. The molecule has 0 unspecified atom stereocenters. The number of hydrogen-bond acceptors (Lipinski definition) is 6. The first kappa shape index (κ1) is 12.6. The third-order valence-electron chi connectivity index (χ3n) is 2.67. The van der Waals surface area contributed by atoms with E-state index in [2.05, 4.69) is 20.6 Å². The summed E-state index contributed by atoms with van der Waals surface area (Å²) in [6.07, 6.45) is 1.99. The van der Waals surface area contributed by atoms with Crippen molar-refractivity contribution in [1.82, 2.24) is 15.3 Å². The van der Waals surface area contributed by atoms with Gasteiger partial charge in [-0.1, -0.05) is 12.1 Å². The van der Waals surface area contributed by atoms with Crippen LogP contribution in [0.3, 0.4) is 0 Å². The molecule has 0 saturated heterocycles. The molecule has 3 aromatic rings. The number of nitrogens with zero attached hydrogens (tertiary/aromatic N) is 2. The highest BCUT2D eigenvalue weighted by molar-refractivity contribution is 7.15. The number of nitrogens with one attached hydrogen (secondary N) is 2. The van der Waals surface area contributed by atoms with Crippen LogP contribution in [0.1, 0.15) is 4.88 Å². The average molecular weight is 288 g/mol. The molecule has 3 rings (SSSR count). The summed E-state index contributed by atoms with van der Waals surface area (Å²) in [4.78, 5) is 20.7. The molecule has 20 heavy (non-hydrogen) atoms. The van der Waals surface area contributed by atoms with Crippen molar-refractivity contribution in [2.75, 3.05) is 12.4 Å². The van der Waals surface area contributed by atoms with Crippen LogP contribution < -0.4 is 10.6 Å². The number of fused-ring (bicyclic) bond motifs is 1. The number of carbonyl (C=O) groups excluding carboxylic acids is 1. The van der Waals surface area contributed by atoms with E-state index in [1.807, 2.05) is 24.3 Å². The number of thiazole rings is 1. The molecule has 0 spiro atoms. The van der Waals surface area contributed by atoms with Crippen LogP contribution in [0, 0.1) is 0 Å². The lowest BCUT2D eigenvalue weighted by molar-refractivity contribution is -0.119. The molecule has 2 N–H and O–H groups in total. The quantitative estimate of drug-likeness (QED) is 0.770. The van der Waals surface area contributed by atoms with Crippen LogP contribution in [0.15, 0.2) is 34.9 Å². The Morgan fingerprint density at radius 2 is 2.25 bits per heavy atom. The molecular formula is C13H12N4O2S. The van der Waals surface area contributed by atoms with Gasteiger partial charge in [0.25, 0.3) is 0 Å². The second-order valence-corrected chi connectivity index (χ2v) is 5.21. The smallest absolute Gasteiger partial charge is 0.302 e. The van der Waals surface area contributed by atoms with Gasteiger partial charge in [-0.05, 0) is 12.1 Å². The number of benzene rings is 1. The highest BCUT2D eigenvalue weighted by Crippen LogP contribution is 2.25.